The summed E-state index contributed by atoms with van der Waals surface area (Å²) in [5.41, 5.74) is 0. The van der Waals surface area contributed by atoms with Gasteiger partial charge in [0.15, 0.2) is 0 Å². The van der Waals surface area contributed by atoms with Crippen LogP contribution in [0.4, 0.5) is 0 Å². The minimum absolute atomic E-state index is 0.149. The molecule has 0 atom stereocenters. The molecule has 0 nitrogen and oxygen atoms in total. The van der Waals surface area contributed by atoms with Crippen LogP contribution in [-0.4, -0.2) is 12.5 Å². The van der Waals surface area contributed by atoms with Crippen molar-refractivity contribution in [3.05, 3.63) is 0 Å². The smallest absolute Gasteiger partial charge is 0.101 e. The van der Waals surface area contributed by atoms with Gasteiger partial charge in [-0.25, -0.2) is 0 Å². The van der Waals surface area contributed by atoms with Gasteiger partial charge in [0.25, 0.3) is 0 Å². The zero-order valence-corrected chi connectivity index (χ0v) is 11.2. The van der Waals surface area contributed by atoms with Gasteiger partial charge in [0.2, 0.25) is 3.45 Å². The van der Waals surface area contributed by atoms with Gasteiger partial charge in [0.1, 0.15) is 0 Å². The van der Waals surface area contributed by atoms with E-state index in [1.165, 1.54) is 6.04 Å². The molecule has 0 aromatic rings. The highest BCUT2D eigenvalue weighted by atomic mass is 80.0. The van der Waals surface area contributed by atoms with Crippen molar-refractivity contribution in [2.24, 2.45) is 0 Å². The standard InChI is InChI=1S/C2H7Br3Si2/c1-2-6-7(3,4)5/h2,6H2,1H3. The minimum Gasteiger partial charge on any atom is -0.101 e. The number of hydrogen-bond acceptors (Lipinski definition) is 0. The van der Waals surface area contributed by atoms with Crippen LogP contribution in [0, 0.1) is 0 Å². The van der Waals surface area contributed by atoms with E-state index < -0.39 is 3.45 Å². The van der Waals surface area contributed by atoms with Gasteiger partial charge in [-0.1, -0.05) is 13.0 Å². The molecule has 0 aromatic heterocycles. The molecule has 0 rings (SSSR count). The predicted octanol–water partition coefficient (Wildman–Crippen LogP) is 2.21. The Bertz CT molecular complexity index is 49.4. The lowest BCUT2D eigenvalue weighted by atomic mass is 11.0. The van der Waals surface area contributed by atoms with E-state index in [1.54, 1.807) is 0 Å². The summed E-state index contributed by atoms with van der Waals surface area (Å²) in [5.74, 6) is 0. The molecule has 0 N–H and O–H groups in total. The average Bonchev–Trinajstić information content (AvgIpc) is 1.30. The first-order chi connectivity index (χ1) is 3.06. The third kappa shape index (κ3) is 7.87. The van der Waals surface area contributed by atoms with Crippen LogP contribution in [-0.2, 0) is 0 Å². The quantitative estimate of drug-likeness (QED) is 0.539. The Balaban J connectivity index is 3.15. The van der Waals surface area contributed by atoms with E-state index in [1.807, 2.05) is 0 Å². The Labute approximate surface area is 70.8 Å². The van der Waals surface area contributed by atoms with Crippen LogP contribution in [0.15, 0.2) is 0 Å². The molecule has 0 heterocycles. The Hall–Kier alpha value is 1.87. The molecule has 0 aromatic carbocycles. The van der Waals surface area contributed by atoms with Crippen LogP contribution in [0.1, 0.15) is 6.92 Å². The monoisotopic (exact) mass is 324 g/mol. The Morgan fingerprint density at radius 2 is 1.86 bits per heavy atom. The summed E-state index contributed by atoms with van der Waals surface area (Å²) in [7, 11) is 0.149. The molecular weight excluding hydrogens is 320 g/mol. The van der Waals surface area contributed by atoms with Crippen molar-refractivity contribution in [3.8, 4) is 0 Å². The molecule has 0 unspecified atom stereocenters. The maximum Gasteiger partial charge on any atom is 0.247 e. The van der Waals surface area contributed by atoms with Gasteiger partial charge in [-0.2, -0.15) is 0 Å². The van der Waals surface area contributed by atoms with E-state index >= 15 is 0 Å². The first kappa shape index (κ1) is 8.87. The SMILES string of the molecule is CC[SiH2][Si](Br)(Br)Br. The van der Waals surface area contributed by atoms with Gasteiger partial charge in [-0.3, -0.25) is 0 Å². The summed E-state index contributed by atoms with van der Waals surface area (Å²) in [5, 5.41) is 0. The molecule has 0 spiro atoms. The van der Waals surface area contributed by atoms with Gasteiger partial charge in [-0.15, -0.1) is 45.9 Å². The van der Waals surface area contributed by atoms with Gasteiger partial charge in [0, 0.05) is 0 Å². The Morgan fingerprint density at radius 1 is 1.43 bits per heavy atom. The molecular formula is C2H7Br3Si2. The normalized spacial score (nSPS) is 13.7. The third-order valence-corrected chi connectivity index (χ3v) is 15.5. The molecule has 0 fully saturated rings. The maximum absolute atomic E-state index is 3.57. The van der Waals surface area contributed by atoms with E-state index in [0.717, 1.165) is 0 Å². The number of halogens is 3. The number of rotatable bonds is 2. The van der Waals surface area contributed by atoms with Crippen LogP contribution in [0.25, 0.3) is 0 Å². The second-order valence-corrected chi connectivity index (χ2v) is 39.9. The molecule has 7 heavy (non-hydrogen) atoms. The Morgan fingerprint density at radius 3 is 1.86 bits per heavy atom. The van der Waals surface area contributed by atoms with Crippen molar-refractivity contribution in [3.63, 3.8) is 0 Å². The third-order valence-electron chi connectivity index (χ3n) is 0.533. The highest BCUT2D eigenvalue weighted by Gasteiger charge is 2.19. The van der Waals surface area contributed by atoms with Crippen LogP contribution in [0.3, 0.4) is 0 Å². The topological polar surface area (TPSA) is 0 Å². The van der Waals surface area contributed by atoms with E-state index in [-0.39, 0.29) is 9.04 Å². The Kier molecular flexibility index (Phi) is 4.84. The molecule has 0 saturated carbocycles. The molecule has 44 valence electrons. The fraction of sp³-hybridized carbons (Fsp3) is 1.00. The van der Waals surface area contributed by atoms with Crippen molar-refractivity contribution in [1.82, 2.24) is 0 Å². The van der Waals surface area contributed by atoms with E-state index in [2.05, 4.69) is 52.8 Å². The van der Waals surface area contributed by atoms with Crippen LogP contribution >= 0.6 is 45.9 Å². The first-order valence-electron chi connectivity index (χ1n) is 2.13. The molecule has 0 aliphatic rings. The van der Waals surface area contributed by atoms with Crippen molar-refractivity contribution in [2.75, 3.05) is 0 Å². The zero-order chi connectivity index (χ0) is 5.91. The summed E-state index contributed by atoms with van der Waals surface area (Å²) in [6.45, 7) is 2.23. The van der Waals surface area contributed by atoms with Crippen LogP contribution < -0.4 is 0 Å². The van der Waals surface area contributed by atoms with Gasteiger partial charge >= 0.3 is 0 Å². The van der Waals surface area contributed by atoms with Crippen molar-refractivity contribution >= 4 is 58.4 Å². The fourth-order valence-electron chi connectivity index (χ4n) is 0.283. The van der Waals surface area contributed by atoms with E-state index in [9.17, 15) is 0 Å². The summed E-state index contributed by atoms with van der Waals surface area (Å²) >= 11 is 10.7. The average molecular weight is 327 g/mol. The van der Waals surface area contributed by atoms with Crippen LogP contribution in [0.2, 0.25) is 6.04 Å². The van der Waals surface area contributed by atoms with E-state index in [4.69, 9.17) is 0 Å². The maximum atomic E-state index is 3.57. The first-order valence-corrected chi connectivity index (χ1v) is 14.2. The van der Waals surface area contributed by atoms with Crippen molar-refractivity contribution in [2.45, 2.75) is 13.0 Å². The van der Waals surface area contributed by atoms with Crippen molar-refractivity contribution in [1.29, 1.82) is 0 Å². The lowest BCUT2D eigenvalue weighted by Crippen LogP contribution is -2.16. The van der Waals surface area contributed by atoms with Gasteiger partial charge in [0.05, 0.1) is 9.04 Å². The molecule has 0 saturated heterocycles. The molecule has 0 aliphatic carbocycles. The number of hydrogen-bond donors (Lipinski definition) is 0. The molecule has 5 heteroatoms. The predicted molar refractivity (Wildman–Crippen MR) is 51.6 cm³/mol. The molecule has 0 aliphatic heterocycles. The summed E-state index contributed by atoms with van der Waals surface area (Å²) in [6, 6.07) is 1.37. The van der Waals surface area contributed by atoms with Gasteiger partial charge < -0.3 is 0 Å². The minimum atomic E-state index is -1.08. The highest BCUT2D eigenvalue weighted by molar-refractivity contribution is 9.74. The van der Waals surface area contributed by atoms with E-state index in [0.29, 0.717) is 0 Å². The van der Waals surface area contributed by atoms with Gasteiger partial charge in [-0.05, 0) is 0 Å². The summed E-state index contributed by atoms with van der Waals surface area (Å²) in [4.78, 5) is 0. The lowest BCUT2D eigenvalue weighted by Gasteiger charge is -2.03. The van der Waals surface area contributed by atoms with Crippen molar-refractivity contribution < 1.29 is 0 Å². The molecule has 0 amide bonds. The second-order valence-electron chi connectivity index (χ2n) is 1.37. The summed E-state index contributed by atoms with van der Waals surface area (Å²) in [6.07, 6.45) is 0. The largest absolute Gasteiger partial charge is 0.247 e. The van der Waals surface area contributed by atoms with Crippen LogP contribution in [0.5, 0.6) is 0 Å². The highest BCUT2D eigenvalue weighted by Crippen LogP contribution is 2.26. The summed E-state index contributed by atoms with van der Waals surface area (Å²) < 4.78 is -1.08. The fourth-order valence-corrected chi connectivity index (χ4v) is 13.3. The molecule has 0 radical (unpaired) electrons. The molecule has 0 bridgehead atoms. The zero-order valence-electron chi connectivity index (χ0n) is 4.05. The lowest BCUT2D eigenvalue weighted by molar-refractivity contribution is 1.47. The second kappa shape index (κ2) is 3.82.